The number of aliphatic hydroxyl groups is 1. The zero-order valence-corrected chi connectivity index (χ0v) is 11.7. The quantitative estimate of drug-likeness (QED) is 0.882. The van der Waals surface area contributed by atoms with Crippen LogP contribution in [0.3, 0.4) is 0 Å². The van der Waals surface area contributed by atoms with Crippen LogP contribution in [0, 0.1) is 6.92 Å². The van der Waals surface area contributed by atoms with Crippen molar-refractivity contribution in [2.45, 2.75) is 32.3 Å². The maximum Gasteiger partial charge on any atom is 0.234 e. The van der Waals surface area contributed by atoms with E-state index in [1.807, 2.05) is 45.0 Å². The fourth-order valence-corrected chi connectivity index (χ4v) is 2.56. The minimum Gasteiger partial charge on any atom is -0.469 e. The molecule has 0 aliphatic carbocycles. The Morgan fingerprint density at radius 2 is 2.00 bits per heavy atom. The number of hydrogen-bond donors (Lipinski definition) is 2. The van der Waals surface area contributed by atoms with Crippen LogP contribution in [0.1, 0.15) is 42.4 Å². The van der Waals surface area contributed by atoms with Crippen molar-refractivity contribution >= 4 is 11.6 Å². The summed E-state index contributed by atoms with van der Waals surface area (Å²) in [4.78, 5) is 11.9. The van der Waals surface area contributed by atoms with Crippen molar-refractivity contribution in [1.82, 2.24) is 0 Å². The number of amides is 1. The van der Waals surface area contributed by atoms with Crippen LogP contribution >= 0.6 is 0 Å². The van der Waals surface area contributed by atoms with Crippen molar-refractivity contribution in [3.63, 3.8) is 0 Å². The summed E-state index contributed by atoms with van der Waals surface area (Å²) >= 11 is 0. The molecule has 2 N–H and O–H groups in total. The van der Waals surface area contributed by atoms with Gasteiger partial charge in [-0.1, -0.05) is 6.07 Å². The lowest BCUT2D eigenvalue weighted by Crippen LogP contribution is -2.26. The van der Waals surface area contributed by atoms with E-state index in [0.717, 1.165) is 28.1 Å². The van der Waals surface area contributed by atoms with E-state index in [0.29, 0.717) is 0 Å². The van der Waals surface area contributed by atoms with Gasteiger partial charge in [0.25, 0.3) is 0 Å². The van der Waals surface area contributed by atoms with Gasteiger partial charge in [0.1, 0.15) is 11.9 Å². The molecule has 1 aliphatic rings. The fourth-order valence-electron chi connectivity index (χ4n) is 2.56. The van der Waals surface area contributed by atoms with Gasteiger partial charge in [0.05, 0.1) is 11.7 Å². The first kappa shape index (κ1) is 12.9. The van der Waals surface area contributed by atoms with Crippen LogP contribution in [0.15, 0.2) is 34.9 Å². The highest BCUT2D eigenvalue weighted by molar-refractivity contribution is 6.05. The van der Waals surface area contributed by atoms with Crippen LogP contribution < -0.4 is 5.32 Å². The molecule has 1 aromatic heterocycles. The molecule has 4 nitrogen and oxygen atoms in total. The maximum absolute atomic E-state index is 11.9. The van der Waals surface area contributed by atoms with Crippen LogP contribution in [0.4, 0.5) is 5.69 Å². The Labute approximate surface area is 117 Å². The predicted molar refractivity (Wildman–Crippen MR) is 75.6 cm³/mol. The van der Waals surface area contributed by atoms with Crippen molar-refractivity contribution in [2.24, 2.45) is 0 Å². The molecular formula is C16H17NO3. The lowest BCUT2D eigenvalue weighted by molar-refractivity contribution is -0.119. The van der Waals surface area contributed by atoms with Crippen molar-refractivity contribution in [1.29, 1.82) is 0 Å². The molecule has 2 aromatic rings. The van der Waals surface area contributed by atoms with E-state index in [-0.39, 0.29) is 5.91 Å². The van der Waals surface area contributed by atoms with Gasteiger partial charge in [-0.2, -0.15) is 0 Å². The van der Waals surface area contributed by atoms with Crippen LogP contribution in [-0.2, 0) is 10.2 Å². The molecule has 4 heteroatoms. The molecule has 0 spiro atoms. The maximum atomic E-state index is 11.9. The average molecular weight is 271 g/mol. The highest BCUT2D eigenvalue weighted by Gasteiger charge is 2.38. The van der Waals surface area contributed by atoms with Crippen LogP contribution in [0.25, 0.3) is 0 Å². The lowest BCUT2D eigenvalue weighted by Gasteiger charge is -2.17. The molecule has 104 valence electrons. The first-order valence-electron chi connectivity index (χ1n) is 6.58. The number of anilines is 1. The Hall–Kier alpha value is -2.07. The predicted octanol–water partition coefficient (Wildman–Crippen LogP) is 2.90. The Morgan fingerprint density at radius 3 is 2.65 bits per heavy atom. The Bertz CT molecular complexity index is 685. The first-order valence-corrected chi connectivity index (χ1v) is 6.58. The normalized spacial score (nSPS) is 17.7. The summed E-state index contributed by atoms with van der Waals surface area (Å²) in [6, 6.07) is 7.37. The molecule has 3 rings (SSSR count). The third kappa shape index (κ3) is 1.84. The molecule has 0 fully saturated rings. The smallest absolute Gasteiger partial charge is 0.234 e. The van der Waals surface area contributed by atoms with Crippen molar-refractivity contribution < 1.29 is 14.3 Å². The summed E-state index contributed by atoms with van der Waals surface area (Å²) in [5.41, 5.74) is 2.64. The van der Waals surface area contributed by atoms with Gasteiger partial charge in [0.2, 0.25) is 5.91 Å². The molecule has 20 heavy (non-hydrogen) atoms. The summed E-state index contributed by atoms with van der Waals surface area (Å²) in [5, 5.41) is 13.3. The fraction of sp³-hybridized carbons (Fsp3) is 0.312. The third-order valence-corrected chi connectivity index (χ3v) is 3.92. The molecule has 1 amide bonds. The number of furan rings is 1. The number of aliphatic hydroxyl groups excluding tert-OH is 1. The standard InChI is InChI=1S/C16H17NO3/c1-9-6-11(8-20-9)14(18)10-4-5-13-12(7-10)16(2,3)15(19)17-13/h4-8,14,18H,1-3H3,(H,17,19). The molecule has 1 unspecified atom stereocenters. The number of rotatable bonds is 2. The van der Waals surface area contributed by atoms with Gasteiger partial charge in [-0.3, -0.25) is 4.79 Å². The average Bonchev–Trinajstić information content (AvgIpc) is 2.92. The third-order valence-electron chi connectivity index (χ3n) is 3.92. The van der Waals surface area contributed by atoms with Gasteiger partial charge in [-0.25, -0.2) is 0 Å². The van der Waals surface area contributed by atoms with Crippen LogP contribution in [0.2, 0.25) is 0 Å². The number of hydrogen-bond acceptors (Lipinski definition) is 3. The second-order valence-electron chi connectivity index (χ2n) is 5.78. The highest BCUT2D eigenvalue weighted by Crippen LogP contribution is 2.39. The van der Waals surface area contributed by atoms with E-state index in [1.54, 1.807) is 6.26 Å². The largest absolute Gasteiger partial charge is 0.469 e. The topological polar surface area (TPSA) is 62.5 Å². The molecule has 0 bridgehead atoms. The molecule has 1 aromatic carbocycles. The second kappa shape index (κ2) is 4.21. The Kier molecular flexibility index (Phi) is 2.73. The summed E-state index contributed by atoms with van der Waals surface area (Å²) < 4.78 is 5.23. The van der Waals surface area contributed by atoms with Gasteiger partial charge < -0.3 is 14.8 Å². The minimum atomic E-state index is -0.746. The monoisotopic (exact) mass is 271 g/mol. The number of fused-ring (bicyclic) bond motifs is 1. The van der Waals surface area contributed by atoms with Crippen LogP contribution in [0.5, 0.6) is 0 Å². The zero-order valence-electron chi connectivity index (χ0n) is 11.7. The molecule has 0 radical (unpaired) electrons. The SMILES string of the molecule is Cc1cc(C(O)c2ccc3c(c2)C(C)(C)C(=O)N3)co1. The molecule has 1 atom stereocenters. The van der Waals surface area contributed by atoms with Gasteiger partial charge >= 0.3 is 0 Å². The molecular weight excluding hydrogens is 254 g/mol. The van der Waals surface area contributed by atoms with E-state index < -0.39 is 11.5 Å². The first-order chi connectivity index (χ1) is 9.39. The van der Waals surface area contributed by atoms with E-state index in [2.05, 4.69) is 5.32 Å². The number of benzene rings is 1. The summed E-state index contributed by atoms with van der Waals surface area (Å²) in [7, 11) is 0. The molecule has 0 saturated heterocycles. The Morgan fingerprint density at radius 1 is 1.25 bits per heavy atom. The number of nitrogens with one attached hydrogen (secondary N) is 1. The number of carbonyl (C=O) groups is 1. The van der Waals surface area contributed by atoms with Crippen molar-refractivity contribution in [2.75, 3.05) is 5.32 Å². The van der Waals surface area contributed by atoms with Crippen molar-refractivity contribution in [3.8, 4) is 0 Å². The van der Waals surface area contributed by atoms with Gasteiger partial charge in [-0.05, 0) is 50.1 Å². The molecule has 0 saturated carbocycles. The number of carbonyl (C=O) groups excluding carboxylic acids is 1. The zero-order chi connectivity index (χ0) is 14.5. The van der Waals surface area contributed by atoms with Crippen LogP contribution in [-0.4, -0.2) is 11.0 Å². The second-order valence-corrected chi connectivity index (χ2v) is 5.78. The number of aryl methyl sites for hydroxylation is 1. The molecule has 2 heterocycles. The van der Waals surface area contributed by atoms with Gasteiger partial charge in [-0.15, -0.1) is 0 Å². The van der Waals surface area contributed by atoms with E-state index in [9.17, 15) is 9.90 Å². The summed E-state index contributed by atoms with van der Waals surface area (Å²) in [6.45, 7) is 5.60. The molecule has 1 aliphatic heterocycles. The van der Waals surface area contributed by atoms with E-state index in [4.69, 9.17) is 4.42 Å². The Balaban J connectivity index is 2.02. The van der Waals surface area contributed by atoms with E-state index in [1.165, 1.54) is 0 Å². The summed E-state index contributed by atoms with van der Waals surface area (Å²) in [5.74, 6) is 0.746. The van der Waals surface area contributed by atoms with Gasteiger partial charge in [0.15, 0.2) is 0 Å². The van der Waals surface area contributed by atoms with Gasteiger partial charge in [0, 0.05) is 11.3 Å². The minimum absolute atomic E-state index is 0.0155. The van der Waals surface area contributed by atoms with E-state index >= 15 is 0 Å². The highest BCUT2D eigenvalue weighted by atomic mass is 16.3. The van der Waals surface area contributed by atoms with Crippen molar-refractivity contribution in [3.05, 3.63) is 53.0 Å². The summed E-state index contributed by atoms with van der Waals surface area (Å²) in [6.07, 6.45) is 0.811. The lowest BCUT2D eigenvalue weighted by atomic mass is 9.84.